The number of carbonyl (C=O) groups is 2. The van der Waals surface area contributed by atoms with Gasteiger partial charge in [0.15, 0.2) is 0 Å². The highest BCUT2D eigenvalue weighted by Crippen LogP contribution is 2.20. The summed E-state index contributed by atoms with van der Waals surface area (Å²) in [6, 6.07) is 19.8. The molecule has 7 heteroatoms. The fourth-order valence-corrected chi connectivity index (χ4v) is 3.38. The van der Waals surface area contributed by atoms with Gasteiger partial charge in [0.05, 0.1) is 0 Å². The first-order valence-electron chi connectivity index (χ1n) is 13.0. The van der Waals surface area contributed by atoms with E-state index in [1.807, 2.05) is 60.7 Å². The van der Waals surface area contributed by atoms with Crippen molar-refractivity contribution >= 4 is 36.2 Å². The molecule has 41 heavy (non-hydrogen) atoms. The van der Waals surface area contributed by atoms with E-state index in [0.29, 0.717) is 28.2 Å². The molecule has 0 spiro atoms. The van der Waals surface area contributed by atoms with Gasteiger partial charge in [-0.3, -0.25) is 0 Å². The van der Waals surface area contributed by atoms with Gasteiger partial charge in [-0.2, -0.15) is 0 Å². The first-order valence-corrected chi connectivity index (χ1v) is 13.0. The second-order valence-electron chi connectivity index (χ2n) is 9.12. The van der Waals surface area contributed by atoms with Gasteiger partial charge in [0.25, 0.3) is 0 Å². The Balaban J connectivity index is 1.50. The molecule has 3 rings (SSSR count). The van der Waals surface area contributed by atoms with Crippen molar-refractivity contribution in [1.29, 1.82) is 0 Å². The monoisotopic (exact) mass is 556 g/mol. The van der Waals surface area contributed by atoms with Crippen molar-refractivity contribution in [3.63, 3.8) is 0 Å². The van der Waals surface area contributed by atoms with Gasteiger partial charge in [-0.05, 0) is 60.9 Å². The molecule has 0 radical (unpaired) electrons. The summed E-state index contributed by atoms with van der Waals surface area (Å²) in [6.07, 6.45) is 7.22. The smallest absolute Gasteiger partial charge is 0.333 e. The molecule has 0 saturated carbocycles. The molecule has 0 aliphatic rings. The molecule has 212 valence electrons. The minimum absolute atomic E-state index is 0.119. The van der Waals surface area contributed by atoms with Crippen LogP contribution in [0.2, 0.25) is 0 Å². The van der Waals surface area contributed by atoms with Crippen molar-refractivity contribution in [2.24, 2.45) is 0 Å². The van der Waals surface area contributed by atoms with Crippen LogP contribution in [0.1, 0.15) is 36.1 Å². The Bertz CT molecular complexity index is 1440. The minimum Gasteiger partial charge on any atom is -0.490 e. The fraction of sp³-hybridized carbons (Fsp3) is 0.176. The number of hydrogen-bond acceptors (Lipinski definition) is 6. The van der Waals surface area contributed by atoms with E-state index < -0.39 is 11.9 Å². The molecule has 0 aliphatic heterocycles. The lowest BCUT2D eigenvalue weighted by molar-refractivity contribution is -0.140. The third kappa shape index (κ3) is 10.6. The van der Waals surface area contributed by atoms with E-state index in [1.54, 1.807) is 38.1 Å². The van der Waals surface area contributed by atoms with E-state index in [2.05, 4.69) is 13.2 Å². The van der Waals surface area contributed by atoms with Crippen molar-refractivity contribution in [2.75, 3.05) is 26.4 Å². The molecule has 6 nitrogen and oxygen atoms in total. The second kappa shape index (κ2) is 15.6. The molecule has 0 bridgehead atoms. The molecule has 0 aliphatic carbocycles. The van der Waals surface area contributed by atoms with Gasteiger partial charge in [-0.15, -0.1) is 0 Å². The van der Waals surface area contributed by atoms with Crippen LogP contribution in [0.4, 0.5) is 4.39 Å². The third-order valence-corrected chi connectivity index (χ3v) is 5.55. The quantitative estimate of drug-likeness (QED) is 0.0908. The Morgan fingerprint density at radius 1 is 0.659 bits per heavy atom. The van der Waals surface area contributed by atoms with Crippen molar-refractivity contribution in [1.82, 2.24) is 0 Å². The highest BCUT2D eigenvalue weighted by molar-refractivity contribution is 5.87. The summed E-state index contributed by atoms with van der Waals surface area (Å²) in [5, 5.41) is 0. The topological polar surface area (TPSA) is 71.1 Å². The zero-order chi connectivity index (χ0) is 29.6. The van der Waals surface area contributed by atoms with Crippen LogP contribution < -0.4 is 9.47 Å². The third-order valence-electron chi connectivity index (χ3n) is 5.55. The molecule has 0 N–H and O–H groups in total. The molecule has 0 atom stereocenters. The number of carbonyl (C=O) groups excluding carboxylic acids is 2. The highest BCUT2D eigenvalue weighted by atomic mass is 19.1. The van der Waals surface area contributed by atoms with Crippen LogP contribution in [-0.4, -0.2) is 38.4 Å². The fourth-order valence-electron chi connectivity index (χ4n) is 3.38. The Hall–Kier alpha value is -4.91. The van der Waals surface area contributed by atoms with E-state index >= 15 is 0 Å². The van der Waals surface area contributed by atoms with Crippen molar-refractivity contribution in [3.05, 3.63) is 119 Å². The molecule has 0 aromatic heterocycles. The Kier molecular flexibility index (Phi) is 11.7. The zero-order valence-corrected chi connectivity index (χ0v) is 23.2. The largest absolute Gasteiger partial charge is 0.490 e. The molecular weight excluding hydrogens is 523 g/mol. The summed E-state index contributed by atoms with van der Waals surface area (Å²) in [5.41, 5.74) is 3.62. The van der Waals surface area contributed by atoms with Crippen molar-refractivity contribution in [3.8, 4) is 11.5 Å². The van der Waals surface area contributed by atoms with E-state index in [9.17, 15) is 14.0 Å². The maximum Gasteiger partial charge on any atom is 0.333 e. The molecule has 0 heterocycles. The second-order valence-corrected chi connectivity index (χ2v) is 9.12. The van der Waals surface area contributed by atoms with Crippen LogP contribution >= 0.6 is 0 Å². The predicted molar refractivity (Wildman–Crippen MR) is 160 cm³/mol. The molecule has 3 aromatic carbocycles. The van der Waals surface area contributed by atoms with Crippen LogP contribution in [0.3, 0.4) is 0 Å². The molecule has 0 amide bonds. The summed E-state index contributed by atoms with van der Waals surface area (Å²) in [6.45, 7) is 10.9. The lowest BCUT2D eigenvalue weighted by Crippen LogP contribution is -2.12. The number of halogens is 1. The van der Waals surface area contributed by atoms with Crippen molar-refractivity contribution in [2.45, 2.75) is 13.8 Å². The summed E-state index contributed by atoms with van der Waals surface area (Å²) in [4.78, 5) is 22.8. The van der Waals surface area contributed by atoms with E-state index in [1.165, 1.54) is 6.07 Å². The van der Waals surface area contributed by atoms with Crippen molar-refractivity contribution < 1.29 is 32.9 Å². The number of benzene rings is 3. The lowest BCUT2D eigenvalue weighted by atomic mass is 10.1. The Labute approximate surface area is 240 Å². The average molecular weight is 557 g/mol. The summed E-state index contributed by atoms with van der Waals surface area (Å²) in [7, 11) is 0. The SMILES string of the molecule is C=C(C)C(=O)OCCOc1ccc(/C=C/c2ccc(/C=C/c3cccc(OCCOC(=O)C(=C)C)c3)c(F)c2)cc1. The molecule has 0 saturated heterocycles. The van der Waals surface area contributed by atoms with Gasteiger partial charge >= 0.3 is 11.9 Å². The van der Waals surface area contributed by atoms with Gasteiger partial charge in [0.1, 0.15) is 43.7 Å². The van der Waals surface area contributed by atoms with E-state index in [4.69, 9.17) is 18.9 Å². The van der Waals surface area contributed by atoms with Gasteiger partial charge < -0.3 is 18.9 Å². The summed E-state index contributed by atoms with van der Waals surface area (Å²) in [5.74, 6) is 0.0290. The molecular formula is C34H33FO6. The number of esters is 2. The van der Waals surface area contributed by atoms with Gasteiger partial charge in [-0.1, -0.05) is 73.9 Å². The number of ether oxygens (including phenoxy) is 4. The molecule has 0 unspecified atom stereocenters. The average Bonchev–Trinajstić information content (AvgIpc) is 2.96. The Morgan fingerprint density at radius 3 is 1.80 bits per heavy atom. The van der Waals surface area contributed by atoms with Crippen LogP contribution in [0, 0.1) is 5.82 Å². The van der Waals surface area contributed by atoms with Crippen LogP contribution in [-0.2, 0) is 19.1 Å². The van der Waals surface area contributed by atoms with Crippen LogP contribution in [0.25, 0.3) is 24.3 Å². The summed E-state index contributed by atoms with van der Waals surface area (Å²) < 4.78 is 36.0. The van der Waals surface area contributed by atoms with E-state index in [-0.39, 0.29) is 32.2 Å². The summed E-state index contributed by atoms with van der Waals surface area (Å²) >= 11 is 0. The van der Waals surface area contributed by atoms with E-state index in [0.717, 1.165) is 16.7 Å². The highest BCUT2D eigenvalue weighted by Gasteiger charge is 2.04. The minimum atomic E-state index is -0.452. The maximum absolute atomic E-state index is 14.8. The maximum atomic E-state index is 14.8. The van der Waals surface area contributed by atoms with Crippen LogP contribution in [0.15, 0.2) is 91.0 Å². The molecule has 0 fully saturated rings. The van der Waals surface area contributed by atoms with Gasteiger partial charge in [0.2, 0.25) is 0 Å². The van der Waals surface area contributed by atoms with Crippen LogP contribution in [0.5, 0.6) is 11.5 Å². The standard InChI is InChI=1S/C34H33FO6/c1-24(2)33(36)40-20-18-38-30-16-12-26(13-17-30)8-9-28-11-15-29(32(35)23-28)14-10-27-6-5-7-31(22-27)39-19-21-41-34(37)25(3)4/h5-17,22-23H,1,3,18-21H2,2,4H3/b9-8+,14-10+. The van der Waals surface area contributed by atoms with Gasteiger partial charge in [0, 0.05) is 16.7 Å². The Morgan fingerprint density at radius 2 is 1.20 bits per heavy atom. The first-order chi connectivity index (χ1) is 19.7. The zero-order valence-electron chi connectivity index (χ0n) is 23.2. The number of hydrogen-bond donors (Lipinski definition) is 0. The molecule has 3 aromatic rings. The lowest BCUT2D eigenvalue weighted by Gasteiger charge is -2.08. The van der Waals surface area contributed by atoms with Gasteiger partial charge in [-0.25, -0.2) is 14.0 Å². The first kappa shape index (κ1) is 30.6. The predicted octanol–water partition coefficient (Wildman–Crippen LogP) is 7.16. The number of rotatable bonds is 14. The normalized spacial score (nSPS) is 10.9.